The molecule has 2 N–H and O–H groups in total. The number of hydrogen-bond donors (Lipinski definition) is 2. The number of carbonyl (C=O) groups is 1. The van der Waals surface area contributed by atoms with E-state index in [4.69, 9.17) is 0 Å². The van der Waals surface area contributed by atoms with E-state index in [1.807, 2.05) is 18.2 Å². The van der Waals surface area contributed by atoms with E-state index in [9.17, 15) is 9.90 Å². The summed E-state index contributed by atoms with van der Waals surface area (Å²) in [5, 5.41) is 12.4. The predicted octanol–water partition coefficient (Wildman–Crippen LogP) is 4.35. The second-order valence-electron chi connectivity index (χ2n) is 4.37. The zero-order valence-corrected chi connectivity index (χ0v) is 12.5. The second-order valence-corrected chi connectivity index (χ2v) is 5.29. The van der Waals surface area contributed by atoms with Crippen LogP contribution in [-0.4, -0.2) is 10.9 Å². The SMILES string of the molecule is CC(=CC(=O)c1ccc(Br)cc1)Nc1cccc(O)c1. The minimum absolute atomic E-state index is 0.0670. The quantitative estimate of drug-likeness (QED) is 0.646. The molecule has 0 aliphatic heterocycles. The molecule has 0 atom stereocenters. The molecule has 102 valence electrons. The first-order valence-corrected chi connectivity index (χ1v) is 6.88. The van der Waals surface area contributed by atoms with Crippen LogP contribution in [0.4, 0.5) is 5.69 Å². The number of nitrogens with one attached hydrogen (secondary N) is 1. The summed E-state index contributed by atoms with van der Waals surface area (Å²) in [6.07, 6.45) is 1.54. The Kier molecular flexibility index (Phi) is 4.58. The number of halogens is 1. The van der Waals surface area contributed by atoms with Crippen molar-refractivity contribution in [1.29, 1.82) is 0 Å². The van der Waals surface area contributed by atoms with Crippen molar-refractivity contribution < 1.29 is 9.90 Å². The first-order valence-electron chi connectivity index (χ1n) is 6.09. The zero-order chi connectivity index (χ0) is 14.5. The molecule has 0 aliphatic rings. The minimum atomic E-state index is -0.0670. The van der Waals surface area contributed by atoms with Gasteiger partial charge in [-0.3, -0.25) is 4.79 Å². The highest BCUT2D eigenvalue weighted by Crippen LogP contribution is 2.17. The lowest BCUT2D eigenvalue weighted by Crippen LogP contribution is -2.01. The molecule has 3 nitrogen and oxygen atoms in total. The van der Waals surface area contributed by atoms with Crippen LogP contribution < -0.4 is 5.32 Å². The third kappa shape index (κ3) is 3.96. The van der Waals surface area contributed by atoms with Crippen LogP contribution in [0.1, 0.15) is 17.3 Å². The molecule has 2 rings (SSSR count). The Morgan fingerprint density at radius 3 is 2.55 bits per heavy atom. The molecule has 0 unspecified atom stereocenters. The monoisotopic (exact) mass is 331 g/mol. The molecule has 0 fully saturated rings. The molecule has 0 bridgehead atoms. The van der Waals surface area contributed by atoms with Crippen molar-refractivity contribution in [3.05, 3.63) is 70.3 Å². The van der Waals surface area contributed by atoms with Gasteiger partial charge in [-0.25, -0.2) is 0 Å². The molecule has 2 aromatic rings. The average Bonchev–Trinajstić information content (AvgIpc) is 2.39. The van der Waals surface area contributed by atoms with Gasteiger partial charge in [0.1, 0.15) is 5.75 Å². The molecule has 0 saturated carbocycles. The van der Waals surface area contributed by atoms with Crippen LogP contribution in [0.2, 0.25) is 0 Å². The maximum Gasteiger partial charge on any atom is 0.187 e. The van der Waals surface area contributed by atoms with Gasteiger partial charge in [0.05, 0.1) is 0 Å². The lowest BCUT2D eigenvalue weighted by Gasteiger charge is -2.06. The number of rotatable bonds is 4. The van der Waals surface area contributed by atoms with Gasteiger partial charge in [-0.15, -0.1) is 0 Å². The highest BCUT2D eigenvalue weighted by molar-refractivity contribution is 9.10. The number of phenols is 1. The van der Waals surface area contributed by atoms with Crippen LogP contribution in [0.3, 0.4) is 0 Å². The summed E-state index contributed by atoms with van der Waals surface area (Å²) in [6, 6.07) is 14.0. The van der Waals surface area contributed by atoms with Crippen LogP contribution >= 0.6 is 15.9 Å². The maximum absolute atomic E-state index is 12.0. The smallest absolute Gasteiger partial charge is 0.187 e. The first-order chi connectivity index (χ1) is 9.54. The molecule has 2 aromatic carbocycles. The number of phenolic OH excluding ortho intramolecular Hbond substituents is 1. The van der Waals surface area contributed by atoms with Crippen LogP contribution in [0.25, 0.3) is 0 Å². The number of anilines is 1. The van der Waals surface area contributed by atoms with Gasteiger partial charge in [0.25, 0.3) is 0 Å². The van der Waals surface area contributed by atoms with E-state index in [0.29, 0.717) is 11.3 Å². The van der Waals surface area contributed by atoms with Gasteiger partial charge in [-0.05, 0) is 43.3 Å². The van der Waals surface area contributed by atoms with Gasteiger partial charge in [0.15, 0.2) is 5.78 Å². The molecule has 0 aromatic heterocycles. The predicted molar refractivity (Wildman–Crippen MR) is 84.0 cm³/mol. The summed E-state index contributed by atoms with van der Waals surface area (Å²) < 4.78 is 0.938. The van der Waals surface area contributed by atoms with Crippen LogP contribution in [0, 0.1) is 0 Å². The number of aromatic hydroxyl groups is 1. The van der Waals surface area contributed by atoms with Crippen molar-refractivity contribution in [3.63, 3.8) is 0 Å². The van der Waals surface area contributed by atoms with E-state index < -0.39 is 0 Å². The molecule has 20 heavy (non-hydrogen) atoms. The Balaban J connectivity index is 2.10. The van der Waals surface area contributed by atoms with Gasteiger partial charge in [-0.2, -0.15) is 0 Å². The summed E-state index contributed by atoms with van der Waals surface area (Å²) in [5.41, 5.74) is 2.08. The van der Waals surface area contributed by atoms with Crippen molar-refractivity contribution in [2.45, 2.75) is 6.92 Å². The third-order valence-corrected chi connectivity index (χ3v) is 3.19. The van der Waals surface area contributed by atoms with E-state index in [1.54, 1.807) is 37.3 Å². The zero-order valence-electron chi connectivity index (χ0n) is 10.9. The van der Waals surface area contributed by atoms with Crippen LogP contribution in [-0.2, 0) is 0 Å². The second kappa shape index (κ2) is 6.39. The van der Waals surface area contributed by atoms with Gasteiger partial charge in [0.2, 0.25) is 0 Å². The number of allylic oxidation sites excluding steroid dienone is 2. The fourth-order valence-electron chi connectivity index (χ4n) is 1.74. The van der Waals surface area contributed by atoms with Crippen LogP contribution in [0.15, 0.2) is 64.8 Å². The number of carbonyl (C=O) groups excluding carboxylic acids is 1. The topological polar surface area (TPSA) is 49.3 Å². The Morgan fingerprint density at radius 1 is 1.20 bits per heavy atom. The maximum atomic E-state index is 12.0. The number of ketones is 1. The molecule has 0 radical (unpaired) electrons. The van der Waals surface area contributed by atoms with E-state index in [0.717, 1.165) is 10.2 Å². The summed E-state index contributed by atoms with van der Waals surface area (Å²) >= 11 is 3.33. The molecule has 0 aliphatic carbocycles. The molecule has 0 amide bonds. The summed E-state index contributed by atoms with van der Waals surface area (Å²) in [4.78, 5) is 12.0. The highest BCUT2D eigenvalue weighted by Gasteiger charge is 2.03. The molecular formula is C16H14BrNO2. The normalized spacial score (nSPS) is 11.2. The highest BCUT2D eigenvalue weighted by atomic mass is 79.9. The summed E-state index contributed by atoms with van der Waals surface area (Å²) in [7, 11) is 0. The molecule has 4 heteroatoms. The number of benzene rings is 2. The Hall–Kier alpha value is -2.07. The molecular weight excluding hydrogens is 318 g/mol. The van der Waals surface area contributed by atoms with Gasteiger partial charge in [0, 0.05) is 33.6 Å². The summed E-state index contributed by atoms with van der Waals surface area (Å²) in [6.45, 7) is 1.81. The van der Waals surface area contributed by atoms with Gasteiger partial charge >= 0.3 is 0 Å². The van der Waals surface area contributed by atoms with E-state index in [1.165, 1.54) is 6.08 Å². The van der Waals surface area contributed by atoms with Crippen LogP contribution in [0.5, 0.6) is 5.75 Å². The van der Waals surface area contributed by atoms with E-state index >= 15 is 0 Å². The third-order valence-electron chi connectivity index (χ3n) is 2.66. The standard InChI is InChI=1S/C16H14BrNO2/c1-11(18-14-3-2-4-15(19)10-14)9-16(20)12-5-7-13(17)8-6-12/h2-10,18-19H,1H3. The lowest BCUT2D eigenvalue weighted by atomic mass is 10.1. The minimum Gasteiger partial charge on any atom is -0.508 e. The molecule has 0 saturated heterocycles. The van der Waals surface area contributed by atoms with Crippen molar-refractivity contribution >= 4 is 27.4 Å². The fourth-order valence-corrected chi connectivity index (χ4v) is 2.01. The fraction of sp³-hybridized carbons (Fsp3) is 0.0625. The summed E-state index contributed by atoms with van der Waals surface area (Å²) in [5.74, 6) is 0.115. The van der Waals surface area contributed by atoms with Crippen molar-refractivity contribution in [2.24, 2.45) is 0 Å². The Morgan fingerprint density at radius 2 is 1.90 bits per heavy atom. The Labute approximate surface area is 126 Å². The van der Waals surface area contributed by atoms with Gasteiger partial charge < -0.3 is 10.4 Å². The van der Waals surface area contributed by atoms with Crippen molar-refractivity contribution in [2.75, 3.05) is 5.32 Å². The molecule has 0 spiro atoms. The van der Waals surface area contributed by atoms with Gasteiger partial charge in [-0.1, -0.05) is 22.0 Å². The number of hydrogen-bond acceptors (Lipinski definition) is 3. The Bertz CT molecular complexity index is 648. The first kappa shape index (κ1) is 14.3. The molecule has 0 heterocycles. The van der Waals surface area contributed by atoms with Crippen molar-refractivity contribution in [1.82, 2.24) is 0 Å². The lowest BCUT2D eigenvalue weighted by molar-refractivity contribution is 0.104. The van der Waals surface area contributed by atoms with E-state index in [-0.39, 0.29) is 11.5 Å². The van der Waals surface area contributed by atoms with Crippen molar-refractivity contribution in [3.8, 4) is 5.75 Å². The average molecular weight is 332 g/mol. The van der Waals surface area contributed by atoms with E-state index in [2.05, 4.69) is 21.2 Å². The largest absolute Gasteiger partial charge is 0.508 e.